The van der Waals surface area contributed by atoms with Crippen molar-refractivity contribution in [2.24, 2.45) is 0 Å². The smallest absolute Gasteiger partial charge is 0.333 e. The maximum absolute atomic E-state index is 11.8. The highest BCUT2D eigenvalue weighted by Gasteiger charge is 2.27. The van der Waals surface area contributed by atoms with Crippen molar-refractivity contribution in [2.75, 3.05) is 12.4 Å². The van der Waals surface area contributed by atoms with Crippen molar-refractivity contribution in [1.82, 2.24) is 4.90 Å². The van der Waals surface area contributed by atoms with E-state index in [-0.39, 0.29) is 5.91 Å². The molecule has 1 amide bonds. The van der Waals surface area contributed by atoms with Gasteiger partial charge in [0.25, 0.3) is 0 Å². The normalized spacial score (nSPS) is 17.0. The predicted octanol–water partition coefficient (Wildman–Crippen LogP) is 2.17. The second-order valence-electron chi connectivity index (χ2n) is 3.99. The summed E-state index contributed by atoms with van der Waals surface area (Å²) in [5.74, 6) is -0.0138. The van der Waals surface area contributed by atoms with Crippen molar-refractivity contribution in [3.05, 3.63) is 47.0 Å². The lowest BCUT2D eigenvalue weighted by Gasteiger charge is -2.16. The molecule has 1 heterocycles. The number of amides is 1. The first-order chi connectivity index (χ1) is 9.20. The van der Waals surface area contributed by atoms with Crippen LogP contribution in [0.2, 0.25) is 0 Å². The maximum Gasteiger partial charge on any atom is 0.333 e. The Hall–Kier alpha value is -1.75. The van der Waals surface area contributed by atoms with Gasteiger partial charge < -0.3 is 9.64 Å². The summed E-state index contributed by atoms with van der Waals surface area (Å²) in [6.07, 6.45) is 1.39. The summed E-state index contributed by atoms with van der Waals surface area (Å²) in [5.41, 5.74) is 1.04. The molecule has 1 aromatic rings. The van der Waals surface area contributed by atoms with Gasteiger partial charge in [-0.25, -0.2) is 4.79 Å². The first-order valence-electron chi connectivity index (χ1n) is 6.06. The van der Waals surface area contributed by atoms with Gasteiger partial charge >= 0.3 is 5.97 Å². The quantitative estimate of drug-likeness (QED) is 0.625. The lowest BCUT2D eigenvalue weighted by molar-refractivity contribution is -0.137. The van der Waals surface area contributed by atoms with Gasteiger partial charge in [0.15, 0.2) is 0 Å². The second-order valence-corrected chi connectivity index (χ2v) is 4.98. The van der Waals surface area contributed by atoms with Crippen molar-refractivity contribution in [3.63, 3.8) is 0 Å². The van der Waals surface area contributed by atoms with E-state index in [4.69, 9.17) is 4.74 Å². The van der Waals surface area contributed by atoms with Gasteiger partial charge in [0.05, 0.1) is 30.0 Å². The molecule has 0 bridgehead atoms. The first-order valence-corrected chi connectivity index (χ1v) is 7.05. The fourth-order valence-electron chi connectivity index (χ4n) is 1.75. The molecule has 0 N–H and O–H groups in total. The van der Waals surface area contributed by atoms with Crippen LogP contribution in [0.3, 0.4) is 0 Å². The minimum atomic E-state index is -0.405. The molecule has 2 rings (SSSR count). The van der Waals surface area contributed by atoms with Gasteiger partial charge in [-0.05, 0) is 12.5 Å². The Morgan fingerprint density at radius 2 is 2.16 bits per heavy atom. The summed E-state index contributed by atoms with van der Waals surface area (Å²) in [6, 6.07) is 9.70. The third kappa shape index (κ3) is 3.61. The van der Waals surface area contributed by atoms with E-state index in [9.17, 15) is 9.59 Å². The topological polar surface area (TPSA) is 46.6 Å². The Morgan fingerprint density at radius 3 is 2.84 bits per heavy atom. The minimum Gasteiger partial charge on any atom is -0.463 e. The molecule has 0 aromatic heterocycles. The molecule has 1 saturated heterocycles. The summed E-state index contributed by atoms with van der Waals surface area (Å²) in [5, 5.41) is 0.660. The number of thioether (sulfide) groups is 1. The zero-order valence-corrected chi connectivity index (χ0v) is 11.5. The molecule has 1 aliphatic rings. The lowest BCUT2D eigenvalue weighted by atomic mass is 10.2. The number of hydrogen-bond acceptors (Lipinski definition) is 4. The molecule has 0 unspecified atom stereocenters. The molecule has 0 aliphatic carbocycles. The molecule has 1 aliphatic heterocycles. The summed E-state index contributed by atoms with van der Waals surface area (Å²) in [7, 11) is 0. The molecule has 0 saturated carbocycles. The maximum atomic E-state index is 11.8. The number of carbonyl (C=O) groups is 2. The molecule has 0 radical (unpaired) electrons. The van der Waals surface area contributed by atoms with E-state index in [1.165, 1.54) is 17.8 Å². The number of carbonyl (C=O) groups excluding carboxylic acids is 2. The largest absolute Gasteiger partial charge is 0.463 e. The average Bonchev–Trinajstić information content (AvgIpc) is 2.73. The number of esters is 1. The molecule has 1 aromatic carbocycles. The zero-order valence-electron chi connectivity index (χ0n) is 10.7. The number of nitrogens with zero attached hydrogens (tertiary/aromatic N) is 1. The van der Waals surface area contributed by atoms with Crippen LogP contribution in [-0.4, -0.2) is 29.1 Å². The van der Waals surface area contributed by atoms with Gasteiger partial charge in [-0.2, -0.15) is 0 Å². The number of ether oxygens (including phenoxy) is 1. The van der Waals surface area contributed by atoms with E-state index >= 15 is 0 Å². The highest BCUT2D eigenvalue weighted by atomic mass is 32.2. The predicted molar refractivity (Wildman–Crippen MR) is 74.2 cm³/mol. The Labute approximate surface area is 116 Å². The van der Waals surface area contributed by atoms with Gasteiger partial charge in [0.1, 0.15) is 0 Å². The molecule has 5 heteroatoms. The van der Waals surface area contributed by atoms with Crippen LogP contribution in [0.4, 0.5) is 0 Å². The highest BCUT2D eigenvalue weighted by Crippen LogP contribution is 2.30. The Bertz CT molecular complexity index is 499. The van der Waals surface area contributed by atoms with Crippen LogP contribution in [0.1, 0.15) is 12.5 Å². The van der Waals surface area contributed by atoms with Gasteiger partial charge in [-0.15, -0.1) is 0 Å². The Balaban J connectivity index is 2.12. The minimum absolute atomic E-state index is 0.0180. The molecule has 100 valence electrons. The van der Waals surface area contributed by atoms with Crippen molar-refractivity contribution < 1.29 is 14.3 Å². The van der Waals surface area contributed by atoms with E-state index in [1.54, 1.807) is 11.8 Å². The van der Waals surface area contributed by atoms with Crippen molar-refractivity contribution in [3.8, 4) is 0 Å². The van der Waals surface area contributed by atoms with Crippen molar-refractivity contribution in [1.29, 1.82) is 0 Å². The molecule has 4 nitrogen and oxygen atoms in total. The van der Waals surface area contributed by atoms with Gasteiger partial charge in [-0.3, -0.25) is 4.79 Å². The first kappa shape index (κ1) is 13.7. The third-order valence-corrected chi connectivity index (χ3v) is 3.65. The van der Waals surface area contributed by atoms with Crippen LogP contribution < -0.4 is 0 Å². The number of rotatable bonds is 4. The fourth-order valence-corrected chi connectivity index (χ4v) is 2.68. The van der Waals surface area contributed by atoms with Crippen LogP contribution in [-0.2, 0) is 20.9 Å². The summed E-state index contributed by atoms with van der Waals surface area (Å²) in [6.45, 7) is 2.57. The van der Waals surface area contributed by atoms with Crippen molar-refractivity contribution in [2.45, 2.75) is 13.5 Å². The molecule has 0 spiro atoms. The summed E-state index contributed by atoms with van der Waals surface area (Å²) in [4.78, 5) is 24.9. The van der Waals surface area contributed by atoms with E-state index in [0.717, 1.165) is 5.56 Å². The summed E-state index contributed by atoms with van der Waals surface area (Å²) >= 11 is 1.37. The van der Waals surface area contributed by atoms with Crippen LogP contribution >= 0.6 is 11.8 Å². The number of hydrogen-bond donors (Lipinski definition) is 0. The van der Waals surface area contributed by atoms with Gasteiger partial charge in [0.2, 0.25) is 5.91 Å². The second kappa shape index (κ2) is 6.43. The Morgan fingerprint density at radius 1 is 1.42 bits per heavy atom. The van der Waals surface area contributed by atoms with Crippen LogP contribution in [0.5, 0.6) is 0 Å². The number of benzene rings is 1. The zero-order chi connectivity index (χ0) is 13.7. The highest BCUT2D eigenvalue weighted by molar-refractivity contribution is 8.04. The van der Waals surface area contributed by atoms with Crippen LogP contribution in [0, 0.1) is 0 Å². The molecule has 1 fully saturated rings. The standard InChI is InChI=1S/C14H15NO3S/c1-2-18-14(17)8-13-15(12(16)10-19-13)9-11-6-4-3-5-7-11/h3-8H,2,9-10H2,1H3/b13-8+. The van der Waals surface area contributed by atoms with Gasteiger partial charge in [0, 0.05) is 0 Å². The van der Waals surface area contributed by atoms with Crippen molar-refractivity contribution >= 4 is 23.6 Å². The van der Waals surface area contributed by atoms with E-state index in [1.807, 2.05) is 30.3 Å². The molecule has 0 atom stereocenters. The van der Waals surface area contributed by atoms with E-state index in [2.05, 4.69) is 0 Å². The van der Waals surface area contributed by atoms with E-state index < -0.39 is 5.97 Å². The van der Waals surface area contributed by atoms with Gasteiger partial charge in [-0.1, -0.05) is 42.1 Å². The van der Waals surface area contributed by atoms with Crippen LogP contribution in [0.15, 0.2) is 41.4 Å². The molecule has 19 heavy (non-hydrogen) atoms. The lowest BCUT2D eigenvalue weighted by Crippen LogP contribution is -2.24. The van der Waals surface area contributed by atoms with E-state index in [0.29, 0.717) is 23.9 Å². The Kier molecular flexibility index (Phi) is 4.63. The van der Waals surface area contributed by atoms with Crippen LogP contribution in [0.25, 0.3) is 0 Å². The SMILES string of the molecule is CCOC(=O)/C=C1/SCC(=O)N1Cc1ccccc1. The third-order valence-electron chi connectivity index (χ3n) is 2.62. The monoisotopic (exact) mass is 277 g/mol. The summed E-state index contributed by atoms with van der Waals surface area (Å²) < 4.78 is 4.87. The molecular formula is C14H15NO3S. The molecular weight excluding hydrogens is 262 g/mol. The fraction of sp³-hybridized carbons (Fsp3) is 0.286. The average molecular weight is 277 g/mol.